The molecule has 5 nitrogen and oxygen atoms in total. The molecule has 0 aliphatic carbocycles. The van der Waals surface area contributed by atoms with Gasteiger partial charge in [0.2, 0.25) is 11.8 Å². The Kier molecular flexibility index (Phi) is 6.10. The molecule has 27 heavy (non-hydrogen) atoms. The van der Waals surface area contributed by atoms with Crippen molar-refractivity contribution >= 4 is 29.1 Å². The van der Waals surface area contributed by atoms with E-state index in [0.29, 0.717) is 6.07 Å². The summed E-state index contributed by atoms with van der Waals surface area (Å²) in [6.45, 7) is 2.81. The maximum atomic E-state index is 13.1. The first-order chi connectivity index (χ1) is 12.5. The molecule has 2 aromatic rings. The molecule has 0 saturated heterocycles. The zero-order chi connectivity index (χ0) is 20.2. The number of hydrogen-bond donors (Lipinski definition) is 2. The number of pyridine rings is 1. The van der Waals surface area contributed by atoms with Crippen LogP contribution in [0.15, 0.2) is 42.7 Å². The lowest BCUT2D eigenvalue weighted by Gasteiger charge is -2.24. The van der Waals surface area contributed by atoms with Gasteiger partial charge >= 0.3 is 6.18 Å². The molecule has 0 radical (unpaired) electrons. The van der Waals surface area contributed by atoms with E-state index in [-0.39, 0.29) is 11.6 Å². The van der Waals surface area contributed by atoms with Crippen molar-refractivity contribution < 1.29 is 22.8 Å². The highest BCUT2D eigenvalue weighted by molar-refractivity contribution is 6.30. The number of anilines is 1. The number of carbonyl (C=O) groups is 2. The number of nitrogens with zero attached hydrogens (tertiary/aromatic N) is 1. The Hall–Kier alpha value is -2.61. The molecule has 2 N–H and O–H groups in total. The molecular formula is C18H17ClF3N3O2. The van der Waals surface area contributed by atoms with Gasteiger partial charge in [-0.1, -0.05) is 11.6 Å². The van der Waals surface area contributed by atoms with Gasteiger partial charge in [-0.15, -0.1) is 0 Å². The van der Waals surface area contributed by atoms with Gasteiger partial charge < -0.3 is 10.6 Å². The summed E-state index contributed by atoms with van der Waals surface area (Å²) in [4.78, 5) is 28.7. The number of amides is 2. The van der Waals surface area contributed by atoms with E-state index >= 15 is 0 Å². The third-order valence-electron chi connectivity index (χ3n) is 3.87. The molecule has 2 rings (SSSR count). The quantitative estimate of drug-likeness (QED) is 0.745. The van der Waals surface area contributed by atoms with Crippen LogP contribution < -0.4 is 10.6 Å². The van der Waals surface area contributed by atoms with Crippen LogP contribution in [-0.2, 0) is 22.3 Å². The molecule has 0 fully saturated rings. The smallest absolute Gasteiger partial charge is 0.351 e. The maximum absolute atomic E-state index is 13.1. The highest BCUT2D eigenvalue weighted by Gasteiger charge is 2.39. The minimum absolute atomic E-state index is 0.116. The first-order valence-electron chi connectivity index (χ1n) is 7.87. The summed E-state index contributed by atoms with van der Waals surface area (Å²) in [5.74, 6) is -1.50. The van der Waals surface area contributed by atoms with E-state index < -0.39 is 34.7 Å². The Balaban J connectivity index is 2.13. The summed E-state index contributed by atoms with van der Waals surface area (Å²) in [5.41, 5.74) is -2.38. The van der Waals surface area contributed by atoms with Gasteiger partial charge in [-0.2, -0.15) is 13.2 Å². The number of nitrogens with one attached hydrogen (secondary N) is 2. The summed E-state index contributed by atoms with van der Waals surface area (Å²) in [5, 5.41) is 4.65. The van der Waals surface area contributed by atoms with E-state index in [1.165, 1.54) is 19.9 Å². The van der Waals surface area contributed by atoms with Crippen molar-refractivity contribution in [2.75, 3.05) is 5.32 Å². The molecule has 1 aromatic heterocycles. The lowest BCUT2D eigenvalue weighted by molar-refractivity contribution is -0.138. The molecule has 144 valence electrons. The Bertz CT molecular complexity index is 839. The van der Waals surface area contributed by atoms with Crippen molar-refractivity contribution in [3.05, 3.63) is 58.9 Å². The van der Waals surface area contributed by atoms with Crippen molar-refractivity contribution in [3.8, 4) is 0 Å². The largest absolute Gasteiger partial charge is 0.418 e. The second kappa shape index (κ2) is 7.96. The van der Waals surface area contributed by atoms with Gasteiger partial charge in [0.15, 0.2) is 0 Å². The first-order valence-corrected chi connectivity index (χ1v) is 8.25. The minimum atomic E-state index is -4.71. The maximum Gasteiger partial charge on any atom is 0.418 e. The fraction of sp³-hybridized carbons (Fsp3) is 0.278. The second-order valence-corrected chi connectivity index (χ2v) is 6.74. The van der Waals surface area contributed by atoms with Crippen LogP contribution in [0.25, 0.3) is 0 Å². The highest BCUT2D eigenvalue weighted by Crippen LogP contribution is 2.37. The highest BCUT2D eigenvalue weighted by atomic mass is 35.5. The third kappa shape index (κ3) is 5.19. The number of carbonyl (C=O) groups excluding carboxylic acids is 2. The molecule has 1 heterocycles. The van der Waals surface area contributed by atoms with Gasteiger partial charge in [-0.05, 0) is 49.7 Å². The lowest BCUT2D eigenvalue weighted by Crippen LogP contribution is -2.45. The van der Waals surface area contributed by atoms with E-state index in [2.05, 4.69) is 15.6 Å². The predicted octanol–water partition coefficient (Wildman–Crippen LogP) is 4.03. The normalized spacial score (nSPS) is 11.8. The van der Waals surface area contributed by atoms with Crippen LogP contribution in [0.1, 0.15) is 25.0 Å². The molecule has 0 saturated carbocycles. The third-order valence-corrected chi connectivity index (χ3v) is 4.11. The van der Waals surface area contributed by atoms with Crippen LogP contribution >= 0.6 is 11.6 Å². The topological polar surface area (TPSA) is 71.1 Å². The van der Waals surface area contributed by atoms with E-state index in [1.807, 2.05) is 0 Å². The average molecular weight is 400 g/mol. The van der Waals surface area contributed by atoms with Gasteiger partial charge in [0.1, 0.15) is 5.41 Å². The molecule has 2 amide bonds. The summed E-state index contributed by atoms with van der Waals surface area (Å²) >= 11 is 5.62. The van der Waals surface area contributed by atoms with Crippen LogP contribution in [0.2, 0.25) is 5.02 Å². The second-order valence-electron chi connectivity index (χ2n) is 6.30. The summed E-state index contributed by atoms with van der Waals surface area (Å²) < 4.78 is 39.4. The first kappa shape index (κ1) is 20.7. The van der Waals surface area contributed by atoms with Gasteiger partial charge in [0.05, 0.1) is 11.3 Å². The van der Waals surface area contributed by atoms with Crippen molar-refractivity contribution in [1.29, 1.82) is 0 Å². The summed E-state index contributed by atoms with van der Waals surface area (Å²) in [6.07, 6.45) is -1.60. The number of alkyl halides is 3. The standard InChI is InChI=1S/C18H17ClF3N3O2/c1-17(2,15(26)24-10-11-5-7-23-8-6-11)16(27)25-14-4-3-12(19)9-13(14)18(20,21)22/h3-9H,10H2,1-2H3,(H,24,26)(H,25,27). The van der Waals surface area contributed by atoms with Gasteiger partial charge in [0, 0.05) is 24.0 Å². The summed E-state index contributed by atoms with van der Waals surface area (Å²) in [6, 6.07) is 6.37. The van der Waals surface area contributed by atoms with E-state index in [1.54, 1.807) is 24.5 Å². The molecule has 9 heteroatoms. The van der Waals surface area contributed by atoms with Crippen LogP contribution in [0.4, 0.5) is 18.9 Å². The van der Waals surface area contributed by atoms with E-state index in [0.717, 1.165) is 11.6 Å². The lowest BCUT2D eigenvalue weighted by atomic mass is 9.90. The molecule has 0 spiro atoms. The van der Waals surface area contributed by atoms with Crippen LogP contribution in [0.5, 0.6) is 0 Å². The molecule has 0 aliphatic heterocycles. The van der Waals surface area contributed by atoms with Crippen molar-refractivity contribution in [2.24, 2.45) is 5.41 Å². The van der Waals surface area contributed by atoms with Gasteiger partial charge in [0.25, 0.3) is 0 Å². The Morgan fingerprint density at radius 3 is 2.30 bits per heavy atom. The molecule has 0 aliphatic rings. The SMILES string of the molecule is CC(C)(C(=O)NCc1ccncc1)C(=O)Nc1ccc(Cl)cc1C(F)(F)F. The predicted molar refractivity (Wildman–Crippen MR) is 94.9 cm³/mol. The number of halogens is 4. The molecule has 1 aromatic carbocycles. The van der Waals surface area contributed by atoms with Crippen LogP contribution in [-0.4, -0.2) is 16.8 Å². The Morgan fingerprint density at radius 1 is 1.07 bits per heavy atom. The zero-order valence-electron chi connectivity index (χ0n) is 14.5. The molecule has 0 atom stereocenters. The van der Waals surface area contributed by atoms with Gasteiger partial charge in [-0.3, -0.25) is 14.6 Å². The Morgan fingerprint density at radius 2 is 1.70 bits per heavy atom. The minimum Gasteiger partial charge on any atom is -0.351 e. The van der Waals surface area contributed by atoms with E-state index in [9.17, 15) is 22.8 Å². The monoisotopic (exact) mass is 399 g/mol. The van der Waals surface area contributed by atoms with Crippen molar-refractivity contribution in [2.45, 2.75) is 26.6 Å². The van der Waals surface area contributed by atoms with Crippen molar-refractivity contribution in [1.82, 2.24) is 10.3 Å². The number of aromatic nitrogens is 1. The summed E-state index contributed by atoms with van der Waals surface area (Å²) in [7, 11) is 0. The van der Waals surface area contributed by atoms with Crippen LogP contribution in [0, 0.1) is 5.41 Å². The number of rotatable bonds is 5. The fourth-order valence-electron chi connectivity index (χ4n) is 2.15. The van der Waals surface area contributed by atoms with Gasteiger partial charge in [-0.25, -0.2) is 0 Å². The van der Waals surface area contributed by atoms with Crippen LogP contribution in [0.3, 0.4) is 0 Å². The average Bonchev–Trinajstić information content (AvgIpc) is 2.61. The molecule has 0 bridgehead atoms. The van der Waals surface area contributed by atoms with E-state index in [4.69, 9.17) is 11.6 Å². The Labute approximate surface area is 158 Å². The van der Waals surface area contributed by atoms with Crippen molar-refractivity contribution in [3.63, 3.8) is 0 Å². The number of hydrogen-bond acceptors (Lipinski definition) is 3. The fourth-order valence-corrected chi connectivity index (χ4v) is 2.32. The molecular weight excluding hydrogens is 383 g/mol. The zero-order valence-corrected chi connectivity index (χ0v) is 15.3. The molecule has 0 unspecified atom stereocenters. The number of benzene rings is 1.